The summed E-state index contributed by atoms with van der Waals surface area (Å²) in [5.41, 5.74) is 1.23. The molecule has 1 unspecified atom stereocenters. The summed E-state index contributed by atoms with van der Waals surface area (Å²) in [4.78, 5) is 2.50. The van der Waals surface area contributed by atoms with Crippen molar-refractivity contribution < 1.29 is 4.39 Å². The number of nitrogens with one attached hydrogen (secondary N) is 1. The molecule has 0 aromatic heterocycles. The van der Waals surface area contributed by atoms with Gasteiger partial charge in [-0.3, -0.25) is 4.90 Å². The van der Waals surface area contributed by atoms with Gasteiger partial charge in [-0.25, -0.2) is 4.39 Å². The van der Waals surface area contributed by atoms with Crippen LogP contribution in [-0.2, 0) is 0 Å². The zero-order chi connectivity index (χ0) is 14.5. The maximum absolute atomic E-state index is 13.1. The van der Waals surface area contributed by atoms with Crippen molar-refractivity contribution in [3.05, 3.63) is 35.6 Å². The van der Waals surface area contributed by atoms with Crippen molar-refractivity contribution in [3.8, 4) is 0 Å². The maximum atomic E-state index is 13.1. The van der Waals surface area contributed by atoms with Crippen LogP contribution in [0.4, 0.5) is 4.39 Å². The Hall–Kier alpha value is -0.930. The van der Waals surface area contributed by atoms with Crippen LogP contribution in [0.15, 0.2) is 24.3 Å². The standard InChI is InChI=1S/C17H27FN2/c1-4-17(13-5-7-14(18)8-6-13)20(3)16-11-9-15(19-2)10-12-16/h5-8,15-17,19H,4,9-12H2,1-3H3. The summed E-state index contributed by atoms with van der Waals surface area (Å²) in [6.07, 6.45) is 6.07. The Balaban J connectivity index is 2.02. The fourth-order valence-electron chi connectivity index (χ4n) is 3.47. The van der Waals surface area contributed by atoms with Crippen molar-refractivity contribution in [2.75, 3.05) is 14.1 Å². The van der Waals surface area contributed by atoms with Gasteiger partial charge >= 0.3 is 0 Å². The highest BCUT2D eigenvalue weighted by Gasteiger charge is 2.27. The summed E-state index contributed by atoms with van der Waals surface area (Å²) in [6.45, 7) is 2.21. The molecule has 1 atom stereocenters. The smallest absolute Gasteiger partial charge is 0.123 e. The van der Waals surface area contributed by atoms with Gasteiger partial charge in [-0.1, -0.05) is 19.1 Å². The van der Waals surface area contributed by atoms with Crippen LogP contribution in [0.5, 0.6) is 0 Å². The first kappa shape index (κ1) is 15.5. The van der Waals surface area contributed by atoms with Gasteiger partial charge in [-0.15, -0.1) is 0 Å². The molecule has 0 heterocycles. The fraction of sp³-hybridized carbons (Fsp3) is 0.647. The predicted molar refractivity (Wildman–Crippen MR) is 82.3 cm³/mol. The largest absolute Gasteiger partial charge is 0.317 e. The minimum Gasteiger partial charge on any atom is -0.317 e. The molecule has 1 fully saturated rings. The molecule has 0 amide bonds. The molecule has 2 nitrogen and oxygen atoms in total. The first-order valence-corrected chi connectivity index (χ1v) is 7.80. The molecule has 0 saturated heterocycles. The third kappa shape index (κ3) is 3.58. The highest BCUT2D eigenvalue weighted by molar-refractivity contribution is 5.20. The quantitative estimate of drug-likeness (QED) is 0.882. The van der Waals surface area contributed by atoms with Gasteiger partial charge in [0.15, 0.2) is 0 Å². The van der Waals surface area contributed by atoms with E-state index in [1.54, 1.807) is 12.1 Å². The Labute approximate surface area is 122 Å². The second-order valence-electron chi connectivity index (χ2n) is 5.94. The molecule has 1 N–H and O–H groups in total. The summed E-state index contributed by atoms with van der Waals surface area (Å²) in [6, 6.07) is 8.73. The average Bonchev–Trinajstić information content (AvgIpc) is 2.50. The van der Waals surface area contributed by atoms with Crippen molar-refractivity contribution in [2.45, 2.75) is 57.2 Å². The van der Waals surface area contributed by atoms with E-state index in [2.05, 4.69) is 31.2 Å². The molecule has 20 heavy (non-hydrogen) atoms. The van der Waals surface area contributed by atoms with Crippen LogP contribution in [0, 0.1) is 5.82 Å². The van der Waals surface area contributed by atoms with Crippen LogP contribution < -0.4 is 5.32 Å². The minimum atomic E-state index is -0.152. The lowest BCUT2D eigenvalue weighted by atomic mass is 9.88. The van der Waals surface area contributed by atoms with E-state index in [1.165, 1.54) is 31.2 Å². The Morgan fingerprint density at radius 3 is 2.30 bits per heavy atom. The molecular weight excluding hydrogens is 251 g/mol. The lowest BCUT2D eigenvalue weighted by Gasteiger charge is -2.39. The van der Waals surface area contributed by atoms with Crippen LogP contribution in [0.3, 0.4) is 0 Å². The molecule has 112 valence electrons. The number of nitrogens with zero attached hydrogens (tertiary/aromatic N) is 1. The van der Waals surface area contributed by atoms with E-state index in [4.69, 9.17) is 0 Å². The highest BCUT2D eigenvalue weighted by Crippen LogP contribution is 2.31. The Bertz CT molecular complexity index is 396. The van der Waals surface area contributed by atoms with Gasteiger partial charge in [0.05, 0.1) is 0 Å². The van der Waals surface area contributed by atoms with Crippen molar-refractivity contribution in [2.24, 2.45) is 0 Å². The molecule has 1 saturated carbocycles. The molecule has 1 aromatic rings. The molecule has 0 radical (unpaired) electrons. The Morgan fingerprint density at radius 2 is 1.80 bits per heavy atom. The van der Waals surface area contributed by atoms with E-state index >= 15 is 0 Å². The van der Waals surface area contributed by atoms with Gasteiger partial charge < -0.3 is 5.32 Å². The van der Waals surface area contributed by atoms with Crippen LogP contribution in [0.1, 0.15) is 50.6 Å². The predicted octanol–water partition coefficient (Wildman–Crippen LogP) is 3.74. The van der Waals surface area contributed by atoms with Crippen LogP contribution in [0.25, 0.3) is 0 Å². The maximum Gasteiger partial charge on any atom is 0.123 e. The monoisotopic (exact) mass is 278 g/mol. The van der Waals surface area contributed by atoms with E-state index in [1.807, 2.05) is 12.1 Å². The molecule has 1 aliphatic rings. The number of hydrogen-bond donors (Lipinski definition) is 1. The molecule has 0 bridgehead atoms. The van der Waals surface area contributed by atoms with Crippen molar-refractivity contribution in [3.63, 3.8) is 0 Å². The molecule has 3 heteroatoms. The van der Waals surface area contributed by atoms with Gasteiger partial charge in [0.2, 0.25) is 0 Å². The minimum absolute atomic E-state index is 0.152. The van der Waals surface area contributed by atoms with E-state index in [0.29, 0.717) is 18.1 Å². The Kier molecular flexibility index (Phi) is 5.55. The fourth-order valence-corrected chi connectivity index (χ4v) is 3.47. The zero-order valence-electron chi connectivity index (χ0n) is 12.9. The molecule has 1 aliphatic carbocycles. The SMILES string of the molecule is CCC(c1ccc(F)cc1)N(C)C1CCC(NC)CC1. The lowest BCUT2D eigenvalue weighted by Crippen LogP contribution is -2.41. The summed E-state index contributed by atoms with van der Waals surface area (Å²) in [7, 11) is 4.28. The van der Waals surface area contributed by atoms with Crippen molar-refractivity contribution in [1.29, 1.82) is 0 Å². The van der Waals surface area contributed by atoms with Gasteiger partial charge in [0.1, 0.15) is 5.82 Å². The summed E-state index contributed by atoms with van der Waals surface area (Å²) in [5, 5.41) is 3.38. The van der Waals surface area contributed by atoms with Gasteiger partial charge in [0, 0.05) is 18.1 Å². The number of rotatable bonds is 5. The zero-order valence-corrected chi connectivity index (χ0v) is 12.9. The van der Waals surface area contributed by atoms with Crippen LogP contribution in [-0.4, -0.2) is 31.1 Å². The summed E-state index contributed by atoms with van der Waals surface area (Å²) >= 11 is 0. The molecule has 2 rings (SSSR count). The van der Waals surface area contributed by atoms with Crippen molar-refractivity contribution >= 4 is 0 Å². The summed E-state index contributed by atoms with van der Waals surface area (Å²) in [5.74, 6) is -0.152. The van der Waals surface area contributed by atoms with Crippen molar-refractivity contribution in [1.82, 2.24) is 10.2 Å². The van der Waals surface area contributed by atoms with E-state index < -0.39 is 0 Å². The highest BCUT2D eigenvalue weighted by atomic mass is 19.1. The average molecular weight is 278 g/mol. The molecular formula is C17H27FN2. The third-order valence-corrected chi connectivity index (χ3v) is 4.81. The van der Waals surface area contributed by atoms with E-state index in [-0.39, 0.29) is 5.82 Å². The van der Waals surface area contributed by atoms with Gasteiger partial charge in [-0.05, 0) is 63.9 Å². The molecule has 0 spiro atoms. The van der Waals surface area contributed by atoms with Crippen LogP contribution >= 0.6 is 0 Å². The lowest BCUT2D eigenvalue weighted by molar-refractivity contribution is 0.124. The second kappa shape index (κ2) is 7.19. The van der Waals surface area contributed by atoms with Gasteiger partial charge in [0.25, 0.3) is 0 Å². The number of benzene rings is 1. The normalized spacial score (nSPS) is 24.9. The first-order valence-electron chi connectivity index (χ1n) is 7.80. The Morgan fingerprint density at radius 1 is 1.20 bits per heavy atom. The summed E-state index contributed by atoms with van der Waals surface area (Å²) < 4.78 is 13.1. The third-order valence-electron chi connectivity index (χ3n) is 4.81. The van der Waals surface area contributed by atoms with E-state index in [0.717, 1.165) is 6.42 Å². The number of halogens is 1. The van der Waals surface area contributed by atoms with Gasteiger partial charge in [-0.2, -0.15) is 0 Å². The first-order chi connectivity index (χ1) is 9.65. The topological polar surface area (TPSA) is 15.3 Å². The molecule has 1 aromatic carbocycles. The second-order valence-corrected chi connectivity index (χ2v) is 5.94. The van der Waals surface area contributed by atoms with Crippen LogP contribution in [0.2, 0.25) is 0 Å². The van der Waals surface area contributed by atoms with E-state index in [9.17, 15) is 4.39 Å². The molecule has 0 aliphatic heterocycles. The number of hydrogen-bond acceptors (Lipinski definition) is 2.